The van der Waals surface area contributed by atoms with Crippen molar-refractivity contribution in [2.75, 3.05) is 11.5 Å². The molecule has 14 heavy (non-hydrogen) atoms. The molecule has 1 atom stereocenters. The minimum Gasteiger partial charge on any atom is -0.267 e. The standard InChI is InChI=1S/C9H16O3S2/c1-9(2,3)14(11,12)8-5-6-13(4,10)7-8/h5H,4,6-7H2,1-3H3. The normalized spacial score (nSPS) is 28.9. The van der Waals surface area contributed by atoms with Crippen molar-refractivity contribution in [3.8, 4) is 0 Å². The molecule has 0 aromatic heterocycles. The Morgan fingerprint density at radius 3 is 2.21 bits per heavy atom. The van der Waals surface area contributed by atoms with Crippen LogP contribution in [0.4, 0.5) is 0 Å². The van der Waals surface area contributed by atoms with E-state index in [1.54, 1.807) is 26.8 Å². The van der Waals surface area contributed by atoms with E-state index in [1.807, 2.05) is 0 Å². The second kappa shape index (κ2) is 3.10. The fourth-order valence-corrected chi connectivity index (χ4v) is 4.92. The van der Waals surface area contributed by atoms with Crippen LogP contribution < -0.4 is 0 Å². The van der Waals surface area contributed by atoms with Gasteiger partial charge in [0.2, 0.25) is 0 Å². The fourth-order valence-electron chi connectivity index (χ4n) is 1.20. The number of hydrogen-bond acceptors (Lipinski definition) is 3. The third-order valence-corrected chi connectivity index (χ3v) is 6.58. The zero-order valence-electron chi connectivity index (χ0n) is 8.74. The molecule has 82 valence electrons. The summed E-state index contributed by atoms with van der Waals surface area (Å²) in [4.78, 5) is 0.296. The number of sulfone groups is 1. The molecule has 1 unspecified atom stereocenters. The molecule has 0 fully saturated rings. The Bertz CT molecular complexity index is 459. The molecule has 0 aromatic rings. The van der Waals surface area contributed by atoms with Gasteiger partial charge in [0.15, 0.2) is 9.84 Å². The van der Waals surface area contributed by atoms with Gasteiger partial charge in [-0.15, -0.1) is 0 Å². The smallest absolute Gasteiger partial charge is 0.180 e. The van der Waals surface area contributed by atoms with E-state index < -0.39 is 24.1 Å². The molecule has 0 spiro atoms. The van der Waals surface area contributed by atoms with Crippen molar-refractivity contribution in [2.24, 2.45) is 0 Å². The predicted molar refractivity (Wildman–Crippen MR) is 61.8 cm³/mol. The van der Waals surface area contributed by atoms with Crippen LogP contribution in [-0.2, 0) is 19.4 Å². The van der Waals surface area contributed by atoms with Crippen molar-refractivity contribution in [3.63, 3.8) is 0 Å². The lowest BCUT2D eigenvalue weighted by molar-refractivity contribution is 0.567. The molecule has 0 aromatic carbocycles. The van der Waals surface area contributed by atoms with Crippen molar-refractivity contribution in [2.45, 2.75) is 25.5 Å². The minimum absolute atomic E-state index is 0.104. The van der Waals surface area contributed by atoms with E-state index in [1.165, 1.54) is 0 Å². The first-order chi connectivity index (χ1) is 6.06. The van der Waals surface area contributed by atoms with Crippen LogP contribution in [0.5, 0.6) is 0 Å². The molecule has 0 radical (unpaired) electrons. The minimum atomic E-state index is -3.31. The van der Waals surface area contributed by atoms with Gasteiger partial charge in [0, 0.05) is 5.75 Å². The molecule has 0 amide bonds. The SMILES string of the molecule is C=S1(=O)CC=C(S(=O)(=O)C(C)(C)C)C1. The third-order valence-electron chi connectivity index (χ3n) is 2.17. The molecule has 3 nitrogen and oxygen atoms in total. The summed E-state index contributed by atoms with van der Waals surface area (Å²) in [5, 5.41) is 0. The molecular formula is C9H16O3S2. The number of hydrogen-bond donors (Lipinski definition) is 0. The van der Waals surface area contributed by atoms with Crippen molar-refractivity contribution in [1.82, 2.24) is 0 Å². The first-order valence-electron chi connectivity index (χ1n) is 4.32. The maximum atomic E-state index is 11.9. The summed E-state index contributed by atoms with van der Waals surface area (Å²) in [6.07, 6.45) is 1.55. The third kappa shape index (κ3) is 2.03. The summed E-state index contributed by atoms with van der Waals surface area (Å²) in [5.41, 5.74) is 0. The highest BCUT2D eigenvalue weighted by Gasteiger charge is 2.35. The summed E-state index contributed by atoms with van der Waals surface area (Å²) < 4.78 is 34.6. The Hall–Kier alpha value is -0.290. The first kappa shape index (κ1) is 11.8. The van der Waals surface area contributed by atoms with Crippen molar-refractivity contribution < 1.29 is 12.6 Å². The highest BCUT2D eigenvalue weighted by atomic mass is 32.2. The zero-order chi connectivity index (χ0) is 11.2. The van der Waals surface area contributed by atoms with Gasteiger partial charge >= 0.3 is 0 Å². The molecule has 1 rings (SSSR count). The van der Waals surface area contributed by atoms with Crippen LogP contribution in [0.1, 0.15) is 20.8 Å². The lowest BCUT2D eigenvalue weighted by Gasteiger charge is -2.19. The van der Waals surface area contributed by atoms with Gasteiger partial charge in [0.05, 0.1) is 15.4 Å². The molecule has 0 aliphatic carbocycles. The van der Waals surface area contributed by atoms with E-state index in [9.17, 15) is 12.6 Å². The summed E-state index contributed by atoms with van der Waals surface area (Å²) in [7, 11) is -5.52. The fraction of sp³-hybridized carbons (Fsp3) is 0.667. The van der Waals surface area contributed by atoms with Crippen molar-refractivity contribution >= 4 is 25.2 Å². The van der Waals surface area contributed by atoms with Crippen LogP contribution in [0.25, 0.3) is 0 Å². The van der Waals surface area contributed by atoms with Crippen LogP contribution in [0.2, 0.25) is 0 Å². The Morgan fingerprint density at radius 1 is 1.43 bits per heavy atom. The number of rotatable bonds is 1. The summed E-state index contributed by atoms with van der Waals surface area (Å²) in [6, 6.07) is 0. The van der Waals surface area contributed by atoms with Gasteiger partial charge in [-0.25, -0.2) is 8.42 Å². The second-order valence-electron chi connectivity index (χ2n) is 4.56. The maximum absolute atomic E-state index is 11.9. The topological polar surface area (TPSA) is 51.2 Å². The van der Waals surface area contributed by atoms with E-state index in [0.717, 1.165) is 0 Å². The highest BCUT2D eigenvalue weighted by molar-refractivity contribution is 8.03. The Balaban J connectivity index is 3.12. The quantitative estimate of drug-likeness (QED) is 0.633. The molecule has 0 N–H and O–H groups in total. The van der Waals surface area contributed by atoms with E-state index in [-0.39, 0.29) is 11.5 Å². The van der Waals surface area contributed by atoms with Crippen LogP contribution in [-0.4, -0.2) is 34.7 Å². The van der Waals surface area contributed by atoms with E-state index in [0.29, 0.717) is 4.91 Å². The average molecular weight is 236 g/mol. The largest absolute Gasteiger partial charge is 0.267 e. The summed E-state index contributed by atoms with van der Waals surface area (Å²) in [6.45, 7) is 4.94. The van der Waals surface area contributed by atoms with Crippen LogP contribution >= 0.6 is 0 Å². The molecule has 1 aliphatic rings. The van der Waals surface area contributed by atoms with E-state index >= 15 is 0 Å². The lowest BCUT2D eigenvalue weighted by Crippen LogP contribution is -2.30. The molecule has 0 saturated heterocycles. The monoisotopic (exact) mass is 236 g/mol. The van der Waals surface area contributed by atoms with Gasteiger partial charge < -0.3 is 0 Å². The van der Waals surface area contributed by atoms with Gasteiger partial charge in [-0.1, -0.05) is 6.08 Å². The van der Waals surface area contributed by atoms with Gasteiger partial charge in [-0.2, -0.15) is 0 Å². The molecular weight excluding hydrogens is 220 g/mol. The highest BCUT2D eigenvalue weighted by Crippen LogP contribution is 2.27. The van der Waals surface area contributed by atoms with Crippen LogP contribution in [0.15, 0.2) is 11.0 Å². The average Bonchev–Trinajstić information content (AvgIpc) is 2.28. The summed E-state index contributed by atoms with van der Waals surface area (Å²) in [5.74, 6) is 3.92. The van der Waals surface area contributed by atoms with Gasteiger partial charge in [0.1, 0.15) is 0 Å². The summed E-state index contributed by atoms with van der Waals surface area (Å²) >= 11 is 0. The van der Waals surface area contributed by atoms with Crippen LogP contribution in [0.3, 0.4) is 0 Å². The van der Waals surface area contributed by atoms with Crippen LogP contribution in [0, 0.1) is 0 Å². The zero-order valence-corrected chi connectivity index (χ0v) is 10.4. The maximum Gasteiger partial charge on any atom is 0.180 e. The van der Waals surface area contributed by atoms with Gasteiger partial charge in [-0.05, 0) is 36.2 Å². The van der Waals surface area contributed by atoms with E-state index in [2.05, 4.69) is 5.87 Å². The second-order valence-corrected chi connectivity index (χ2v) is 9.87. The molecule has 1 heterocycles. The molecule has 0 bridgehead atoms. The van der Waals surface area contributed by atoms with Crippen molar-refractivity contribution in [1.29, 1.82) is 0 Å². The molecule has 5 heteroatoms. The van der Waals surface area contributed by atoms with E-state index in [4.69, 9.17) is 0 Å². The van der Waals surface area contributed by atoms with Gasteiger partial charge in [-0.3, -0.25) is 4.21 Å². The Morgan fingerprint density at radius 2 is 1.93 bits per heavy atom. The molecule has 1 aliphatic heterocycles. The first-order valence-corrected chi connectivity index (χ1v) is 7.87. The predicted octanol–water partition coefficient (Wildman–Crippen LogP) is 0.814. The Labute approximate surface area is 86.1 Å². The van der Waals surface area contributed by atoms with Crippen molar-refractivity contribution in [3.05, 3.63) is 11.0 Å². The molecule has 0 saturated carbocycles. The Kier molecular flexibility index (Phi) is 2.61. The lowest BCUT2D eigenvalue weighted by atomic mass is 10.3. The van der Waals surface area contributed by atoms with Gasteiger partial charge in [0.25, 0.3) is 0 Å².